The Bertz CT molecular complexity index is 2600. The van der Waals surface area contributed by atoms with Crippen molar-refractivity contribution in [2.45, 2.75) is 148 Å². The molecule has 6 rings (SSSR count). The summed E-state index contributed by atoms with van der Waals surface area (Å²) < 4.78 is -2.35. The van der Waals surface area contributed by atoms with Gasteiger partial charge in [-0.05, 0) is 0 Å². The van der Waals surface area contributed by atoms with Crippen molar-refractivity contribution < 1.29 is 28.8 Å². The molecule has 0 unspecified atom stereocenters. The van der Waals surface area contributed by atoms with Crippen LogP contribution in [0.4, 0.5) is 0 Å². The average Bonchev–Trinajstić information content (AvgIpc) is 3.22. The van der Waals surface area contributed by atoms with Crippen LogP contribution in [0.25, 0.3) is 0 Å². The molecule has 0 N–H and O–H groups in total. The zero-order chi connectivity index (χ0) is 53.6. The van der Waals surface area contributed by atoms with Crippen molar-refractivity contribution in [3.63, 3.8) is 0 Å². The molecule has 0 atom stereocenters. The first-order valence-corrected chi connectivity index (χ1v) is 34.6. The molecule has 0 fully saturated rings. The van der Waals surface area contributed by atoms with Gasteiger partial charge in [-0.15, -0.1) is 0 Å². The Kier molecular flexibility index (Phi) is 16.6. The molecule has 6 aromatic rings. The maximum atomic E-state index is 16.3. The normalized spacial score (nSPS) is 11.8. The number of benzene rings is 6. The third-order valence-electron chi connectivity index (χ3n) is 15.1. The summed E-state index contributed by atoms with van der Waals surface area (Å²) in [6.07, 6.45) is 0.317. The van der Waals surface area contributed by atoms with Gasteiger partial charge in [0.2, 0.25) is 0 Å². The van der Waals surface area contributed by atoms with Crippen LogP contribution in [0.1, 0.15) is 175 Å². The Hall–Kier alpha value is -5.57. The van der Waals surface area contributed by atoms with Crippen molar-refractivity contribution >= 4 is 54.2 Å². The Balaban J connectivity index is 1.68. The van der Waals surface area contributed by atoms with Crippen molar-refractivity contribution in [3.05, 3.63) is 206 Å². The zero-order valence-electron chi connectivity index (χ0n) is 46.2. The minimum atomic E-state index is -5.50. The van der Waals surface area contributed by atoms with E-state index in [2.05, 4.69) is 0 Å². The molecule has 6 nitrogen and oxygen atoms in total. The molecule has 0 amide bonds. The summed E-state index contributed by atoms with van der Waals surface area (Å²) in [5.41, 5.74) is 16.7. The fourth-order valence-corrected chi connectivity index (χ4v) is 31.7. The van der Waals surface area contributed by atoms with Crippen LogP contribution in [-0.2, 0) is 0 Å². The molecule has 0 aromatic heterocycles. The predicted molar refractivity (Wildman–Crippen MR) is 300 cm³/mol. The van der Waals surface area contributed by atoms with Crippen LogP contribution in [0, 0.1) is 125 Å². The Morgan fingerprint density at radius 2 is 0.347 bits per heavy atom. The van der Waals surface area contributed by atoms with Gasteiger partial charge in [-0.2, -0.15) is 0 Å². The van der Waals surface area contributed by atoms with Gasteiger partial charge in [-0.3, -0.25) is 0 Å². The second kappa shape index (κ2) is 21.5. The van der Waals surface area contributed by atoms with Crippen molar-refractivity contribution in [3.8, 4) is 0 Å². The van der Waals surface area contributed by atoms with Crippen LogP contribution in [0.3, 0.4) is 0 Å². The molecule has 0 aliphatic rings. The summed E-state index contributed by atoms with van der Waals surface area (Å²) in [5, 5.41) is -0.0726. The average molecular weight is 1080 g/mol. The van der Waals surface area contributed by atoms with Crippen molar-refractivity contribution in [2.75, 3.05) is 0 Å². The van der Waals surface area contributed by atoms with Crippen LogP contribution >= 0.6 is 0 Å². The Labute approximate surface area is 434 Å². The molecule has 0 radical (unpaired) electrons. The van der Waals surface area contributed by atoms with Gasteiger partial charge < -0.3 is 0 Å². The first-order valence-electron chi connectivity index (χ1n) is 25.4. The maximum absolute atomic E-state index is 16.3. The zero-order valence-corrected chi connectivity index (χ0v) is 50.4. The number of carbonyl (C=O) groups is 6. The third kappa shape index (κ3) is 10.2. The molecular formula is C64H74Ge2O6. The van der Waals surface area contributed by atoms with Crippen LogP contribution in [0.5, 0.6) is 0 Å². The van der Waals surface area contributed by atoms with Gasteiger partial charge in [0.15, 0.2) is 0 Å². The second-order valence-electron chi connectivity index (χ2n) is 21.6. The van der Waals surface area contributed by atoms with E-state index in [1.165, 1.54) is 0 Å². The molecule has 0 bridgehead atoms. The number of rotatable bonds is 17. The first-order chi connectivity index (χ1) is 33.6. The minimum absolute atomic E-state index is 0.0363. The monoisotopic (exact) mass is 1090 g/mol. The molecule has 0 aliphatic carbocycles. The summed E-state index contributed by atoms with van der Waals surface area (Å²) >= 11 is -11.0. The van der Waals surface area contributed by atoms with Gasteiger partial charge >= 0.3 is 437 Å². The SMILES string of the molecule is Cc1cc(C)c([C](=O)[Ge]([CH2]CC[CH2][Ge]([C](=O)c2c(C)cc(C)cc2C)([C](=O)c2c(C)cc(C)cc2C)[C](=O)c2c(C)cc(C)cc2C)([C](=O)c2c(C)cc(C)cc2C)[C](=O)c2c(C)cc(C)cc2C)c(C)c1. The van der Waals surface area contributed by atoms with Crippen molar-refractivity contribution in [1.82, 2.24) is 0 Å². The molecule has 374 valence electrons. The van der Waals surface area contributed by atoms with Gasteiger partial charge in [0.05, 0.1) is 0 Å². The number of carbonyl (C=O) groups excluding carboxylic acids is 6. The van der Waals surface area contributed by atoms with E-state index in [-0.39, 0.29) is 23.3 Å². The van der Waals surface area contributed by atoms with Crippen LogP contribution in [0.2, 0.25) is 10.5 Å². The fourth-order valence-electron chi connectivity index (χ4n) is 12.6. The summed E-state index contributed by atoms with van der Waals surface area (Å²) in [6.45, 7) is 34.4. The molecule has 0 spiro atoms. The number of hydrogen-bond acceptors (Lipinski definition) is 6. The fraction of sp³-hybridized carbons (Fsp3) is 0.344. The molecule has 0 aliphatic heterocycles. The van der Waals surface area contributed by atoms with E-state index >= 15 is 28.8 Å². The van der Waals surface area contributed by atoms with E-state index in [4.69, 9.17) is 0 Å². The van der Waals surface area contributed by atoms with E-state index in [1.54, 1.807) is 0 Å². The first kappa shape index (κ1) is 55.7. The second-order valence-corrected chi connectivity index (χ2v) is 37.0. The quantitative estimate of drug-likeness (QED) is 0.0666. The summed E-state index contributed by atoms with van der Waals surface area (Å²) in [7, 11) is 0. The summed E-state index contributed by atoms with van der Waals surface area (Å²) in [6, 6.07) is 23.3. The van der Waals surface area contributed by atoms with Crippen molar-refractivity contribution in [2.24, 2.45) is 0 Å². The Morgan fingerprint density at radius 1 is 0.236 bits per heavy atom. The van der Waals surface area contributed by atoms with Gasteiger partial charge in [-0.1, -0.05) is 0 Å². The molecule has 0 heterocycles. The summed E-state index contributed by atoms with van der Waals surface area (Å²) in [4.78, 5) is 97.8. The molecule has 0 saturated carbocycles. The third-order valence-corrected chi connectivity index (χ3v) is 32.6. The van der Waals surface area contributed by atoms with Gasteiger partial charge in [0.1, 0.15) is 0 Å². The van der Waals surface area contributed by atoms with E-state index in [9.17, 15) is 0 Å². The number of hydrogen-bond donors (Lipinski definition) is 0. The molecule has 6 aromatic carbocycles. The van der Waals surface area contributed by atoms with Gasteiger partial charge in [0.25, 0.3) is 0 Å². The number of unbranched alkanes of at least 4 members (excludes halogenated alkanes) is 1. The van der Waals surface area contributed by atoms with Gasteiger partial charge in [0, 0.05) is 0 Å². The van der Waals surface area contributed by atoms with Crippen molar-refractivity contribution in [1.29, 1.82) is 0 Å². The predicted octanol–water partition coefficient (Wildman–Crippen LogP) is 14.7. The van der Waals surface area contributed by atoms with Crippen LogP contribution in [-0.4, -0.2) is 54.2 Å². The van der Waals surface area contributed by atoms with E-state index in [0.717, 1.165) is 33.4 Å². The van der Waals surface area contributed by atoms with E-state index in [0.29, 0.717) is 100 Å². The molecule has 8 heteroatoms. The molecule has 0 saturated heterocycles. The molecular weight excluding hydrogens is 1010 g/mol. The topological polar surface area (TPSA) is 102 Å². The number of aryl methyl sites for hydroxylation is 18. The van der Waals surface area contributed by atoms with Gasteiger partial charge in [-0.25, -0.2) is 0 Å². The molecule has 72 heavy (non-hydrogen) atoms. The van der Waals surface area contributed by atoms with E-state index < -0.39 is 54.2 Å². The standard InChI is InChI=1S/C64H74Ge2O6/c1-35-23-41(7)53(42(8)24-35)59(67)65(60(68)54-43(9)25-36(2)26-44(54)10,61(69)55-45(11)27-37(3)28-46(55)12)21-19-20-22-66(62(70)56-47(13)29-38(4)30-48(56)14,63(71)57-49(15)31-39(5)32-50(57)16)64(72)58-51(17)33-40(6)34-52(58)18/h23-34H,19-22H2,1-18H3. The summed E-state index contributed by atoms with van der Waals surface area (Å²) in [5.74, 6) is 0. The Morgan fingerprint density at radius 3 is 0.458 bits per heavy atom. The van der Waals surface area contributed by atoms with Crippen LogP contribution in [0.15, 0.2) is 72.8 Å². The van der Waals surface area contributed by atoms with Crippen LogP contribution < -0.4 is 0 Å². The van der Waals surface area contributed by atoms with E-state index in [1.807, 2.05) is 197 Å².